The molecule has 0 aliphatic heterocycles. The van der Waals surface area contributed by atoms with Gasteiger partial charge in [-0.05, 0) is 30.3 Å². The fourth-order valence-electron chi connectivity index (χ4n) is 2.05. The first-order chi connectivity index (χ1) is 9.34. The summed E-state index contributed by atoms with van der Waals surface area (Å²) in [5, 5.41) is 0.969. The number of rotatable bonds is 3. The van der Waals surface area contributed by atoms with Crippen LogP contribution in [0.15, 0.2) is 60.8 Å². The first kappa shape index (κ1) is 11.5. The zero-order valence-corrected chi connectivity index (χ0v) is 10.4. The standard InChI is InChI=1S/C16H14N2O/c17-15-9-8-12(16-14(15)7-4-10-18-16)11-19-13-5-2-1-3-6-13/h1-10H,11,17H2. The van der Waals surface area contributed by atoms with Gasteiger partial charge in [-0.1, -0.05) is 24.3 Å². The van der Waals surface area contributed by atoms with Crippen LogP contribution < -0.4 is 10.5 Å². The second-order valence-electron chi connectivity index (χ2n) is 4.32. The van der Waals surface area contributed by atoms with Gasteiger partial charge in [-0.15, -0.1) is 0 Å². The molecule has 3 rings (SSSR count). The van der Waals surface area contributed by atoms with Crippen LogP contribution in [0, 0.1) is 0 Å². The Morgan fingerprint density at radius 1 is 0.947 bits per heavy atom. The molecule has 0 atom stereocenters. The van der Waals surface area contributed by atoms with Gasteiger partial charge in [0.15, 0.2) is 0 Å². The summed E-state index contributed by atoms with van der Waals surface area (Å²) in [7, 11) is 0. The molecule has 3 aromatic rings. The van der Waals surface area contributed by atoms with E-state index in [4.69, 9.17) is 10.5 Å². The van der Waals surface area contributed by atoms with Crippen molar-refractivity contribution in [3.63, 3.8) is 0 Å². The molecule has 1 aromatic heterocycles. The summed E-state index contributed by atoms with van der Waals surface area (Å²) in [4.78, 5) is 4.39. The predicted molar refractivity (Wildman–Crippen MR) is 76.9 cm³/mol. The molecule has 0 aliphatic rings. The fraction of sp³-hybridized carbons (Fsp3) is 0.0625. The van der Waals surface area contributed by atoms with E-state index in [1.807, 2.05) is 54.6 Å². The van der Waals surface area contributed by atoms with Crippen molar-refractivity contribution >= 4 is 16.6 Å². The lowest BCUT2D eigenvalue weighted by atomic mass is 10.1. The highest BCUT2D eigenvalue weighted by Gasteiger charge is 2.05. The van der Waals surface area contributed by atoms with Crippen molar-refractivity contribution < 1.29 is 4.74 Å². The Morgan fingerprint density at radius 2 is 1.79 bits per heavy atom. The topological polar surface area (TPSA) is 48.1 Å². The number of nitrogens with two attached hydrogens (primary N) is 1. The van der Waals surface area contributed by atoms with Gasteiger partial charge >= 0.3 is 0 Å². The van der Waals surface area contributed by atoms with Crippen molar-refractivity contribution in [2.24, 2.45) is 0 Å². The summed E-state index contributed by atoms with van der Waals surface area (Å²) in [5.41, 5.74) is 8.63. The molecule has 0 bridgehead atoms. The highest BCUT2D eigenvalue weighted by Crippen LogP contribution is 2.23. The number of para-hydroxylation sites is 1. The van der Waals surface area contributed by atoms with Crippen LogP contribution in [0.25, 0.3) is 10.9 Å². The highest BCUT2D eigenvalue weighted by molar-refractivity contribution is 5.92. The number of benzene rings is 2. The van der Waals surface area contributed by atoms with E-state index in [1.54, 1.807) is 6.20 Å². The summed E-state index contributed by atoms with van der Waals surface area (Å²) in [6.07, 6.45) is 1.77. The normalized spacial score (nSPS) is 10.5. The summed E-state index contributed by atoms with van der Waals surface area (Å²) in [5.74, 6) is 0.850. The molecule has 1 heterocycles. The first-order valence-corrected chi connectivity index (χ1v) is 6.14. The lowest BCUT2D eigenvalue weighted by molar-refractivity contribution is 0.307. The molecule has 0 aliphatic carbocycles. The van der Waals surface area contributed by atoms with E-state index in [2.05, 4.69) is 4.98 Å². The number of anilines is 1. The number of ether oxygens (including phenoxy) is 1. The minimum Gasteiger partial charge on any atom is -0.489 e. The van der Waals surface area contributed by atoms with Crippen LogP contribution in [0.3, 0.4) is 0 Å². The molecule has 0 amide bonds. The Morgan fingerprint density at radius 3 is 2.63 bits per heavy atom. The third-order valence-corrected chi connectivity index (χ3v) is 3.02. The quantitative estimate of drug-likeness (QED) is 0.725. The molecular formula is C16H14N2O. The molecule has 0 unspecified atom stereocenters. The van der Waals surface area contributed by atoms with E-state index in [1.165, 1.54) is 0 Å². The number of nitrogens with zero attached hydrogens (tertiary/aromatic N) is 1. The molecule has 2 aromatic carbocycles. The number of aromatic nitrogens is 1. The number of hydrogen-bond acceptors (Lipinski definition) is 3. The maximum Gasteiger partial charge on any atom is 0.119 e. The lowest BCUT2D eigenvalue weighted by Gasteiger charge is -2.09. The molecule has 3 nitrogen and oxygen atoms in total. The van der Waals surface area contributed by atoms with Gasteiger partial charge < -0.3 is 10.5 Å². The van der Waals surface area contributed by atoms with E-state index in [-0.39, 0.29) is 0 Å². The molecule has 94 valence electrons. The smallest absolute Gasteiger partial charge is 0.119 e. The summed E-state index contributed by atoms with van der Waals surface area (Å²) < 4.78 is 5.76. The molecule has 2 N–H and O–H groups in total. The van der Waals surface area contributed by atoms with Gasteiger partial charge in [-0.2, -0.15) is 0 Å². The predicted octanol–water partition coefficient (Wildman–Crippen LogP) is 3.40. The largest absolute Gasteiger partial charge is 0.489 e. The van der Waals surface area contributed by atoms with Gasteiger partial charge in [-0.3, -0.25) is 4.98 Å². The van der Waals surface area contributed by atoms with Crippen LogP contribution in [0.5, 0.6) is 5.75 Å². The van der Waals surface area contributed by atoms with Crippen LogP contribution in [-0.2, 0) is 6.61 Å². The third kappa shape index (κ3) is 2.36. The fourth-order valence-corrected chi connectivity index (χ4v) is 2.05. The zero-order chi connectivity index (χ0) is 13.1. The van der Waals surface area contributed by atoms with Crippen molar-refractivity contribution in [2.75, 3.05) is 5.73 Å². The van der Waals surface area contributed by atoms with Gasteiger partial charge in [0.05, 0.1) is 5.52 Å². The molecular weight excluding hydrogens is 236 g/mol. The average molecular weight is 250 g/mol. The molecule has 0 radical (unpaired) electrons. The number of nitrogen functional groups attached to an aromatic ring is 1. The van der Waals surface area contributed by atoms with Crippen molar-refractivity contribution in [3.05, 3.63) is 66.4 Å². The van der Waals surface area contributed by atoms with E-state index in [0.29, 0.717) is 6.61 Å². The lowest BCUT2D eigenvalue weighted by Crippen LogP contribution is -1.99. The van der Waals surface area contributed by atoms with Gasteiger partial charge in [0.2, 0.25) is 0 Å². The van der Waals surface area contributed by atoms with Crippen LogP contribution >= 0.6 is 0 Å². The van der Waals surface area contributed by atoms with Crippen molar-refractivity contribution in [1.29, 1.82) is 0 Å². The van der Waals surface area contributed by atoms with Crippen LogP contribution in [0.2, 0.25) is 0 Å². The Kier molecular flexibility index (Phi) is 3.02. The number of pyridine rings is 1. The SMILES string of the molecule is Nc1ccc(COc2ccccc2)c2ncccc12. The Hall–Kier alpha value is -2.55. The van der Waals surface area contributed by atoms with Gasteiger partial charge in [0.25, 0.3) is 0 Å². The van der Waals surface area contributed by atoms with E-state index in [0.717, 1.165) is 27.9 Å². The average Bonchev–Trinajstić information content (AvgIpc) is 2.48. The minimum absolute atomic E-state index is 0.484. The molecule has 0 fully saturated rings. The monoisotopic (exact) mass is 250 g/mol. The van der Waals surface area contributed by atoms with Gasteiger partial charge in [0, 0.05) is 22.8 Å². The number of fused-ring (bicyclic) bond motifs is 1. The second kappa shape index (κ2) is 4.98. The Labute approximate surface area is 111 Å². The van der Waals surface area contributed by atoms with E-state index in [9.17, 15) is 0 Å². The zero-order valence-electron chi connectivity index (χ0n) is 10.4. The summed E-state index contributed by atoms with van der Waals surface area (Å²) >= 11 is 0. The van der Waals surface area contributed by atoms with E-state index < -0.39 is 0 Å². The van der Waals surface area contributed by atoms with Gasteiger partial charge in [-0.25, -0.2) is 0 Å². The van der Waals surface area contributed by atoms with E-state index >= 15 is 0 Å². The van der Waals surface area contributed by atoms with Crippen LogP contribution in [-0.4, -0.2) is 4.98 Å². The molecule has 19 heavy (non-hydrogen) atoms. The van der Waals surface area contributed by atoms with Crippen molar-refractivity contribution in [2.45, 2.75) is 6.61 Å². The molecule has 0 spiro atoms. The van der Waals surface area contributed by atoms with Gasteiger partial charge in [0.1, 0.15) is 12.4 Å². The third-order valence-electron chi connectivity index (χ3n) is 3.02. The first-order valence-electron chi connectivity index (χ1n) is 6.14. The van der Waals surface area contributed by atoms with Crippen molar-refractivity contribution in [3.8, 4) is 5.75 Å². The maximum atomic E-state index is 5.95. The Balaban J connectivity index is 1.91. The molecule has 0 saturated carbocycles. The highest BCUT2D eigenvalue weighted by atomic mass is 16.5. The van der Waals surface area contributed by atoms with Crippen LogP contribution in [0.1, 0.15) is 5.56 Å². The number of hydrogen-bond donors (Lipinski definition) is 1. The van der Waals surface area contributed by atoms with Crippen LogP contribution in [0.4, 0.5) is 5.69 Å². The van der Waals surface area contributed by atoms with Crippen molar-refractivity contribution in [1.82, 2.24) is 4.98 Å². The summed E-state index contributed by atoms with van der Waals surface area (Å²) in [6.45, 7) is 0.484. The second-order valence-corrected chi connectivity index (χ2v) is 4.32. The maximum absolute atomic E-state index is 5.95. The summed E-state index contributed by atoms with van der Waals surface area (Å²) in [6, 6.07) is 17.5. The minimum atomic E-state index is 0.484. The molecule has 0 saturated heterocycles. The Bertz CT molecular complexity index is 695. The molecule has 3 heteroatoms.